The normalized spacial score (nSPS) is 18.5. The zero-order valence-electron chi connectivity index (χ0n) is 21.9. The van der Waals surface area contributed by atoms with Gasteiger partial charge < -0.3 is 14.6 Å². The molecule has 0 saturated heterocycles. The van der Waals surface area contributed by atoms with Crippen LogP contribution in [0.5, 0.6) is 11.6 Å². The second-order valence-electron chi connectivity index (χ2n) is 10.4. The number of pyridine rings is 1. The number of benzene rings is 1. The maximum absolute atomic E-state index is 11.2. The molecular formula is C30H35N3O4. The van der Waals surface area contributed by atoms with Crippen LogP contribution in [-0.2, 0) is 17.6 Å². The molecule has 1 N–H and O–H groups in total. The van der Waals surface area contributed by atoms with Gasteiger partial charge in [0.15, 0.2) is 0 Å². The summed E-state index contributed by atoms with van der Waals surface area (Å²) in [4.78, 5) is 25.3. The quantitative estimate of drug-likeness (QED) is 0.410. The number of aromatic nitrogens is 3. The van der Waals surface area contributed by atoms with Gasteiger partial charge in [-0.05, 0) is 67.7 Å². The number of methoxy groups -OCH3 is 1. The minimum absolute atomic E-state index is 0.184. The highest BCUT2D eigenvalue weighted by Crippen LogP contribution is 2.44. The summed E-state index contributed by atoms with van der Waals surface area (Å²) in [6, 6.07) is 7.97. The molecule has 6 rings (SSSR count). The Balaban J connectivity index is 0.000000872. The van der Waals surface area contributed by atoms with Gasteiger partial charge in [-0.3, -0.25) is 9.78 Å². The Hall–Kier alpha value is -3.48. The average molecular weight is 502 g/mol. The molecule has 1 aromatic carbocycles. The van der Waals surface area contributed by atoms with Gasteiger partial charge in [-0.15, -0.1) is 0 Å². The molecular weight excluding hydrogens is 466 g/mol. The molecule has 3 aromatic rings. The lowest BCUT2D eigenvalue weighted by Gasteiger charge is -2.27. The average Bonchev–Trinajstić information content (AvgIpc) is 3.80. The van der Waals surface area contributed by atoms with Gasteiger partial charge in [0.25, 0.3) is 0 Å². The SMILES string of the molecule is C1CC1.COc1cc(-c2cnc(C3CCc4ccc(CC(C)C(=O)O)cc4O3)c(C)n2)c(C2CC2)cn1. The first kappa shape index (κ1) is 25.2. The van der Waals surface area contributed by atoms with Crippen molar-refractivity contribution in [2.24, 2.45) is 5.92 Å². The van der Waals surface area contributed by atoms with Crippen LogP contribution in [0, 0.1) is 12.8 Å². The minimum Gasteiger partial charge on any atom is -0.484 e. The number of hydrogen-bond donors (Lipinski definition) is 1. The molecule has 7 nitrogen and oxygen atoms in total. The third-order valence-electron chi connectivity index (χ3n) is 7.10. The van der Waals surface area contributed by atoms with Gasteiger partial charge in [0.1, 0.15) is 17.5 Å². The summed E-state index contributed by atoms with van der Waals surface area (Å²) in [6.07, 6.45) is 12.6. The number of fused-ring (bicyclic) bond motifs is 1. The fourth-order valence-electron chi connectivity index (χ4n) is 4.61. The Labute approximate surface area is 218 Å². The second kappa shape index (κ2) is 10.9. The Bertz CT molecular complexity index is 1280. The number of ether oxygens (including phenoxy) is 2. The van der Waals surface area contributed by atoms with Crippen LogP contribution in [0.15, 0.2) is 36.7 Å². The van der Waals surface area contributed by atoms with Crippen molar-refractivity contribution >= 4 is 5.97 Å². The predicted molar refractivity (Wildman–Crippen MR) is 141 cm³/mol. The third kappa shape index (κ3) is 6.09. The molecule has 0 spiro atoms. The third-order valence-corrected chi connectivity index (χ3v) is 7.10. The van der Waals surface area contributed by atoms with E-state index in [1.807, 2.05) is 43.6 Å². The van der Waals surface area contributed by atoms with Crippen LogP contribution in [-0.4, -0.2) is 33.1 Å². The molecule has 37 heavy (non-hydrogen) atoms. The number of carboxylic acid groups (broad SMARTS) is 1. The van der Waals surface area contributed by atoms with Crippen molar-refractivity contribution in [1.82, 2.24) is 15.0 Å². The van der Waals surface area contributed by atoms with Crippen molar-refractivity contribution in [3.05, 3.63) is 64.7 Å². The number of nitrogens with zero attached hydrogens (tertiary/aromatic N) is 3. The lowest BCUT2D eigenvalue weighted by atomic mass is 9.95. The number of aliphatic carboxylic acids is 1. The van der Waals surface area contributed by atoms with E-state index in [2.05, 4.69) is 4.98 Å². The molecule has 2 saturated carbocycles. The summed E-state index contributed by atoms with van der Waals surface area (Å²) in [7, 11) is 1.62. The number of aryl methyl sites for hydroxylation is 2. The van der Waals surface area contributed by atoms with Crippen LogP contribution in [0.2, 0.25) is 0 Å². The molecule has 0 amide bonds. The topological polar surface area (TPSA) is 94.4 Å². The van der Waals surface area contributed by atoms with Crippen molar-refractivity contribution in [2.75, 3.05) is 7.11 Å². The van der Waals surface area contributed by atoms with E-state index in [-0.39, 0.29) is 6.10 Å². The largest absolute Gasteiger partial charge is 0.484 e. The fourth-order valence-corrected chi connectivity index (χ4v) is 4.61. The van der Waals surface area contributed by atoms with E-state index in [0.29, 0.717) is 18.2 Å². The van der Waals surface area contributed by atoms with E-state index in [4.69, 9.17) is 19.4 Å². The van der Waals surface area contributed by atoms with Crippen molar-refractivity contribution in [1.29, 1.82) is 0 Å². The van der Waals surface area contributed by atoms with Crippen LogP contribution in [0.1, 0.15) is 85.5 Å². The van der Waals surface area contributed by atoms with E-state index < -0.39 is 11.9 Å². The van der Waals surface area contributed by atoms with Crippen LogP contribution in [0.4, 0.5) is 0 Å². The number of rotatable bonds is 7. The molecule has 2 fully saturated rings. The number of carboxylic acids is 1. The van der Waals surface area contributed by atoms with Gasteiger partial charge in [0.2, 0.25) is 5.88 Å². The van der Waals surface area contributed by atoms with Gasteiger partial charge in [0.05, 0.1) is 30.6 Å². The van der Waals surface area contributed by atoms with E-state index >= 15 is 0 Å². The van der Waals surface area contributed by atoms with E-state index in [1.54, 1.807) is 14.0 Å². The first-order chi connectivity index (χ1) is 17.9. The molecule has 0 bridgehead atoms. The molecule has 7 heteroatoms. The zero-order valence-corrected chi connectivity index (χ0v) is 21.9. The van der Waals surface area contributed by atoms with E-state index in [1.165, 1.54) is 37.7 Å². The number of carbonyl (C=O) groups is 1. The molecule has 3 aliphatic rings. The molecule has 2 unspecified atom stereocenters. The van der Waals surface area contributed by atoms with Crippen LogP contribution >= 0.6 is 0 Å². The van der Waals surface area contributed by atoms with Crippen molar-refractivity contribution < 1.29 is 19.4 Å². The fraction of sp³-hybridized carbons (Fsp3) is 0.467. The molecule has 1 aliphatic heterocycles. The lowest BCUT2D eigenvalue weighted by Crippen LogP contribution is -2.19. The standard InChI is InChI=1S/C27H29N3O4.C3H6/c1-15(27(31)32)10-17-4-5-19-8-9-23(34-24(19)11-17)26-16(2)30-22(14-29-26)20-12-25(33-3)28-13-21(20)18-6-7-18;1-2-3-1/h4-5,11-15,18,23H,6-10H2,1-3H3,(H,31,32);1-3H2. The summed E-state index contributed by atoms with van der Waals surface area (Å²) in [5, 5.41) is 9.23. The zero-order chi connectivity index (χ0) is 25.9. The van der Waals surface area contributed by atoms with Crippen molar-refractivity contribution in [3.8, 4) is 22.9 Å². The summed E-state index contributed by atoms with van der Waals surface area (Å²) >= 11 is 0. The summed E-state index contributed by atoms with van der Waals surface area (Å²) in [5.74, 6) is 0.686. The summed E-state index contributed by atoms with van der Waals surface area (Å²) in [6.45, 7) is 3.70. The Morgan fingerprint density at radius 3 is 2.57 bits per heavy atom. The highest BCUT2D eigenvalue weighted by atomic mass is 16.5. The molecule has 3 heterocycles. The van der Waals surface area contributed by atoms with Crippen LogP contribution < -0.4 is 9.47 Å². The smallest absolute Gasteiger partial charge is 0.306 e. The summed E-state index contributed by atoms with van der Waals surface area (Å²) < 4.78 is 11.7. The second-order valence-corrected chi connectivity index (χ2v) is 10.4. The molecule has 0 radical (unpaired) electrons. The highest BCUT2D eigenvalue weighted by Gasteiger charge is 2.29. The molecule has 2 atom stereocenters. The van der Waals surface area contributed by atoms with Gasteiger partial charge in [0, 0.05) is 17.8 Å². The lowest BCUT2D eigenvalue weighted by molar-refractivity contribution is -0.141. The predicted octanol–water partition coefficient (Wildman–Crippen LogP) is 6.23. The van der Waals surface area contributed by atoms with Crippen LogP contribution in [0.25, 0.3) is 11.3 Å². The van der Waals surface area contributed by atoms with Crippen molar-refractivity contribution in [2.45, 2.75) is 77.2 Å². The van der Waals surface area contributed by atoms with Gasteiger partial charge >= 0.3 is 5.97 Å². The molecule has 2 aliphatic carbocycles. The van der Waals surface area contributed by atoms with Gasteiger partial charge in [-0.2, -0.15) is 0 Å². The summed E-state index contributed by atoms with van der Waals surface area (Å²) in [5.41, 5.74) is 6.85. The Kier molecular flexibility index (Phi) is 7.40. The monoisotopic (exact) mass is 501 g/mol. The first-order valence-corrected chi connectivity index (χ1v) is 13.3. The number of hydrogen-bond acceptors (Lipinski definition) is 6. The maximum atomic E-state index is 11.2. The maximum Gasteiger partial charge on any atom is 0.306 e. The van der Waals surface area contributed by atoms with E-state index in [0.717, 1.165) is 52.4 Å². The van der Waals surface area contributed by atoms with Crippen molar-refractivity contribution in [3.63, 3.8) is 0 Å². The minimum atomic E-state index is -0.792. The Morgan fingerprint density at radius 2 is 1.92 bits per heavy atom. The molecule has 2 aromatic heterocycles. The Morgan fingerprint density at radius 1 is 1.14 bits per heavy atom. The van der Waals surface area contributed by atoms with Gasteiger partial charge in [-0.25, -0.2) is 9.97 Å². The highest BCUT2D eigenvalue weighted by molar-refractivity contribution is 5.70. The van der Waals surface area contributed by atoms with E-state index in [9.17, 15) is 9.90 Å². The van der Waals surface area contributed by atoms with Crippen LogP contribution in [0.3, 0.4) is 0 Å². The van der Waals surface area contributed by atoms with Gasteiger partial charge in [-0.1, -0.05) is 38.3 Å². The first-order valence-electron chi connectivity index (χ1n) is 13.3. The molecule has 194 valence electrons.